The molecule has 0 aliphatic carbocycles. The van der Waals surface area contributed by atoms with Crippen molar-refractivity contribution in [2.45, 2.75) is 33.1 Å². The van der Waals surface area contributed by atoms with Crippen LogP contribution in [0, 0.1) is 19.8 Å². The van der Waals surface area contributed by atoms with Crippen molar-refractivity contribution >= 4 is 5.97 Å². The number of carboxylic acids is 1. The summed E-state index contributed by atoms with van der Waals surface area (Å²) >= 11 is 0. The Morgan fingerprint density at radius 2 is 2.00 bits per heavy atom. The van der Waals surface area contributed by atoms with Gasteiger partial charge in [0.2, 0.25) is 0 Å². The van der Waals surface area contributed by atoms with E-state index in [1.165, 1.54) is 16.7 Å². The quantitative estimate of drug-likeness (QED) is 0.906. The van der Waals surface area contributed by atoms with Crippen LogP contribution in [-0.2, 0) is 11.2 Å². The average molecular weight is 261 g/mol. The van der Waals surface area contributed by atoms with Crippen LogP contribution in [0.2, 0.25) is 0 Å². The number of benzene rings is 1. The van der Waals surface area contributed by atoms with Gasteiger partial charge < -0.3 is 10.0 Å². The fourth-order valence-electron chi connectivity index (χ4n) is 2.81. The molecule has 1 fully saturated rings. The fraction of sp³-hybridized carbons (Fsp3) is 0.562. The number of aryl methyl sites for hydroxylation is 2. The fourth-order valence-corrected chi connectivity index (χ4v) is 2.81. The molecule has 0 saturated carbocycles. The van der Waals surface area contributed by atoms with Gasteiger partial charge in [0, 0.05) is 6.54 Å². The molecule has 0 atom stereocenters. The van der Waals surface area contributed by atoms with Crippen molar-refractivity contribution in [1.82, 2.24) is 4.90 Å². The summed E-state index contributed by atoms with van der Waals surface area (Å²) in [6.45, 7) is 7.16. The van der Waals surface area contributed by atoms with Gasteiger partial charge in [0.25, 0.3) is 0 Å². The van der Waals surface area contributed by atoms with E-state index in [1.807, 2.05) is 0 Å². The zero-order valence-corrected chi connectivity index (χ0v) is 11.9. The maximum atomic E-state index is 10.9. The molecule has 0 radical (unpaired) electrons. The van der Waals surface area contributed by atoms with Gasteiger partial charge in [0.05, 0.1) is 5.92 Å². The Bertz CT molecular complexity index is 448. The van der Waals surface area contributed by atoms with E-state index < -0.39 is 5.97 Å². The molecule has 0 unspecified atom stereocenters. The van der Waals surface area contributed by atoms with E-state index in [-0.39, 0.29) is 5.92 Å². The molecule has 19 heavy (non-hydrogen) atoms. The highest BCUT2D eigenvalue weighted by Crippen LogP contribution is 2.18. The highest BCUT2D eigenvalue weighted by atomic mass is 16.4. The second-order valence-corrected chi connectivity index (χ2v) is 5.63. The predicted octanol–water partition coefficient (Wildman–Crippen LogP) is 2.64. The summed E-state index contributed by atoms with van der Waals surface area (Å²) in [7, 11) is 0. The van der Waals surface area contributed by atoms with E-state index in [0.29, 0.717) is 0 Å². The number of hydrogen-bond acceptors (Lipinski definition) is 2. The van der Waals surface area contributed by atoms with E-state index in [2.05, 4.69) is 36.9 Å². The van der Waals surface area contributed by atoms with Gasteiger partial charge >= 0.3 is 5.97 Å². The Labute approximate surface area is 115 Å². The summed E-state index contributed by atoms with van der Waals surface area (Å²) < 4.78 is 0. The number of hydrogen-bond donors (Lipinski definition) is 1. The predicted molar refractivity (Wildman–Crippen MR) is 76.4 cm³/mol. The zero-order valence-electron chi connectivity index (χ0n) is 11.9. The van der Waals surface area contributed by atoms with Crippen LogP contribution in [-0.4, -0.2) is 35.6 Å². The molecule has 1 aromatic carbocycles. The van der Waals surface area contributed by atoms with Crippen LogP contribution in [0.3, 0.4) is 0 Å². The SMILES string of the molecule is Cc1ccc(CCN2CCC(C(=O)O)CC2)c(C)c1. The summed E-state index contributed by atoms with van der Waals surface area (Å²) in [6, 6.07) is 6.61. The van der Waals surface area contributed by atoms with E-state index in [0.717, 1.165) is 38.9 Å². The van der Waals surface area contributed by atoms with Gasteiger partial charge in [-0.3, -0.25) is 4.79 Å². The van der Waals surface area contributed by atoms with Gasteiger partial charge in [-0.15, -0.1) is 0 Å². The van der Waals surface area contributed by atoms with E-state index in [9.17, 15) is 4.79 Å². The molecule has 0 bridgehead atoms. The van der Waals surface area contributed by atoms with E-state index in [4.69, 9.17) is 5.11 Å². The lowest BCUT2D eigenvalue weighted by Gasteiger charge is -2.30. The van der Waals surface area contributed by atoms with Crippen LogP contribution in [0.4, 0.5) is 0 Å². The number of rotatable bonds is 4. The van der Waals surface area contributed by atoms with Crippen LogP contribution in [0.25, 0.3) is 0 Å². The van der Waals surface area contributed by atoms with Crippen molar-refractivity contribution in [2.75, 3.05) is 19.6 Å². The maximum Gasteiger partial charge on any atom is 0.306 e. The first kappa shape index (κ1) is 14.1. The van der Waals surface area contributed by atoms with E-state index in [1.54, 1.807) is 0 Å². The molecule has 1 N–H and O–H groups in total. The smallest absolute Gasteiger partial charge is 0.306 e. The van der Waals surface area contributed by atoms with Crippen molar-refractivity contribution < 1.29 is 9.90 Å². The number of piperidine rings is 1. The van der Waals surface area contributed by atoms with Crippen molar-refractivity contribution in [3.63, 3.8) is 0 Å². The highest BCUT2D eigenvalue weighted by molar-refractivity contribution is 5.70. The first-order chi connectivity index (χ1) is 9.06. The minimum atomic E-state index is -0.631. The molecule has 104 valence electrons. The molecule has 0 amide bonds. The molecule has 2 rings (SSSR count). The normalized spacial score (nSPS) is 17.6. The summed E-state index contributed by atoms with van der Waals surface area (Å²) in [4.78, 5) is 13.3. The molecular weight excluding hydrogens is 238 g/mol. The van der Waals surface area contributed by atoms with Gasteiger partial charge in [-0.25, -0.2) is 0 Å². The maximum absolute atomic E-state index is 10.9. The van der Waals surface area contributed by atoms with Gasteiger partial charge in [0.15, 0.2) is 0 Å². The first-order valence-corrected chi connectivity index (χ1v) is 7.07. The molecule has 3 nitrogen and oxygen atoms in total. The van der Waals surface area contributed by atoms with Gasteiger partial charge in [-0.05, 0) is 57.3 Å². The van der Waals surface area contributed by atoms with Crippen LogP contribution < -0.4 is 0 Å². The van der Waals surface area contributed by atoms with Gasteiger partial charge in [-0.2, -0.15) is 0 Å². The lowest BCUT2D eigenvalue weighted by molar-refractivity contribution is -0.143. The molecule has 1 heterocycles. The number of aliphatic carboxylic acids is 1. The lowest BCUT2D eigenvalue weighted by atomic mass is 9.96. The monoisotopic (exact) mass is 261 g/mol. The largest absolute Gasteiger partial charge is 0.481 e. The molecule has 1 saturated heterocycles. The lowest BCUT2D eigenvalue weighted by Crippen LogP contribution is -2.37. The van der Waals surface area contributed by atoms with Gasteiger partial charge in [-0.1, -0.05) is 23.8 Å². The molecule has 0 spiro atoms. The van der Waals surface area contributed by atoms with Crippen molar-refractivity contribution in [3.05, 3.63) is 34.9 Å². The van der Waals surface area contributed by atoms with Gasteiger partial charge in [0.1, 0.15) is 0 Å². The second kappa shape index (κ2) is 6.20. The van der Waals surface area contributed by atoms with Crippen LogP contribution in [0.15, 0.2) is 18.2 Å². The molecule has 1 aromatic rings. The van der Waals surface area contributed by atoms with Crippen molar-refractivity contribution in [2.24, 2.45) is 5.92 Å². The topological polar surface area (TPSA) is 40.5 Å². The van der Waals surface area contributed by atoms with Crippen LogP contribution in [0.1, 0.15) is 29.5 Å². The summed E-state index contributed by atoms with van der Waals surface area (Å²) in [6.07, 6.45) is 2.65. The number of likely N-dealkylation sites (tertiary alicyclic amines) is 1. The van der Waals surface area contributed by atoms with Crippen LogP contribution >= 0.6 is 0 Å². The Morgan fingerprint density at radius 3 is 2.58 bits per heavy atom. The van der Waals surface area contributed by atoms with Crippen molar-refractivity contribution in [1.29, 1.82) is 0 Å². The molecular formula is C16H23NO2. The standard InChI is InChI=1S/C16H23NO2/c1-12-3-4-14(13(2)11-12)5-8-17-9-6-15(7-10-17)16(18)19/h3-4,11,15H,5-10H2,1-2H3,(H,18,19). The first-order valence-electron chi connectivity index (χ1n) is 7.07. The third-order valence-corrected chi connectivity index (χ3v) is 4.13. The summed E-state index contributed by atoms with van der Waals surface area (Å²) in [5.41, 5.74) is 4.08. The molecule has 1 aliphatic rings. The molecule has 1 aliphatic heterocycles. The summed E-state index contributed by atoms with van der Waals surface area (Å²) in [5, 5.41) is 8.98. The minimum Gasteiger partial charge on any atom is -0.481 e. The average Bonchev–Trinajstić information content (AvgIpc) is 2.38. The van der Waals surface area contributed by atoms with E-state index >= 15 is 0 Å². The molecule has 0 aromatic heterocycles. The minimum absolute atomic E-state index is 0.127. The second-order valence-electron chi connectivity index (χ2n) is 5.63. The summed E-state index contributed by atoms with van der Waals surface area (Å²) in [5.74, 6) is -0.758. The molecule has 3 heteroatoms. The Balaban J connectivity index is 1.82. The Kier molecular flexibility index (Phi) is 4.59. The highest BCUT2D eigenvalue weighted by Gasteiger charge is 2.23. The Morgan fingerprint density at radius 1 is 1.32 bits per heavy atom. The van der Waals surface area contributed by atoms with Crippen molar-refractivity contribution in [3.8, 4) is 0 Å². The van der Waals surface area contributed by atoms with Crippen LogP contribution in [0.5, 0.6) is 0 Å². The number of carbonyl (C=O) groups is 1. The third-order valence-electron chi connectivity index (χ3n) is 4.13. The number of carboxylic acid groups (broad SMARTS) is 1. The zero-order chi connectivity index (χ0) is 13.8. The third kappa shape index (κ3) is 3.80. The number of nitrogens with zero attached hydrogens (tertiary/aromatic N) is 1. The Hall–Kier alpha value is -1.35.